The van der Waals surface area contributed by atoms with Crippen LogP contribution < -0.4 is 0 Å². The van der Waals surface area contributed by atoms with Crippen molar-refractivity contribution in [1.82, 2.24) is 14.8 Å². The van der Waals surface area contributed by atoms with E-state index in [9.17, 15) is 15.2 Å². The van der Waals surface area contributed by atoms with E-state index >= 15 is 0 Å². The zero-order valence-corrected chi connectivity index (χ0v) is 12.0. The highest BCUT2D eigenvalue weighted by atomic mass is 32.2. The van der Waals surface area contributed by atoms with Crippen LogP contribution in [-0.2, 0) is 12.4 Å². The van der Waals surface area contributed by atoms with Crippen molar-refractivity contribution in [2.24, 2.45) is 0 Å². The number of aliphatic hydroxyl groups excluding tert-OH is 1. The summed E-state index contributed by atoms with van der Waals surface area (Å²) < 4.78 is 1.97. The molecule has 0 saturated heterocycles. The van der Waals surface area contributed by atoms with E-state index in [1.54, 1.807) is 12.1 Å². The highest BCUT2D eigenvalue weighted by Gasteiger charge is 2.29. The van der Waals surface area contributed by atoms with Gasteiger partial charge in [0.1, 0.15) is 6.61 Å². The molecule has 1 heterocycles. The van der Waals surface area contributed by atoms with Crippen molar-refractivity contribution in [2.75, 3.05) is 0 Å². The zero-order chi connectivity index (χ0) is 14.8. The molecule has 0 amide bonds. The van der Waals surface area contributed by atoms with Crippen LogP contribution in [-0.4, -0.2) is 24.8 Å². The van der Waals surface area contributed by atoms with Crippen molar-refractivity contribution in [2.45, 2.75) is 36.4 Å². The molecule has 1 fully saturated rings. The van der Waals surface area contributed by atoms with Crippen molar-refractivity contribution >= 4 is 17.4 Å². The maximum absolute atomic E-state index is 10.8. The maximum Gasteiger partial charge on any atom is 0.269 e. The Bertz CT molecular complexity index is 669. The fourth-order valence-corrected chi connectivity index (χ4v) is 3.09. The van der Waals surface area contributed by atoms with Gasteiger partial charge in [-0.3, -0.25) is 10.1 Å². The van der Waals surface area contributed by atoms with Crippen molar-refractivity contribution in [3.63, 3.8) is 0 Å². The van der Waals surface area contributed by atoms with Crippen LogP contribution in [0.25, 0.3) is 0 Å². The Kier molecular flexibility index (Phi) is 3.89. The third-order valence-corrected chi connectivity index (χ3v) is 4.29. The van der Waals surface area contributed by atoms with Gasteiger partial charge >= 0.3 is 0 Å². The third kappa shape index (κ3) is 3.06. The van der Waals surface area contributed by atoms with E-state index in [2.05, 4.69) is 10.2 Å². The number of nitrogens with zero attached hydrogens (tertiary/aromatic N) is 4. The van der Waals surface area contributed by atoms with Gasteiger partial charge in [0.05, 0.1) is 4.92 Å². The predicted molar refractivity (Wildman–Crippen MR) is 76.9 cm³/mol. The molecule has 2 aromatic rings. The van der Waals surface area contributed by atoms with Crippen molar-refractivity contribution < 1.29 is 10.0 Å². The fourth-order valence-electron chi connectivity index (χ4n) is 2.12. The van der Waals surface area contributed by atoms with E-state index in [-0.39, 0.29) is 12.3 Å². The summed E-state index contributed by atoms with van der Waals surface area (Å²) in [7, 11) is 0. The molecule has 0 unspecified atom stereocenters. The minimum absolute atomic E-state index is 0.0906. The number of nitro groups is 1. The molecular weight excluding hydrogens is 292 g/mol. The first-order valence-corrected chi connectivity index (χ1v) is 7.58. The average molecular weight is 306 g/mol. The predicted octanol–water partition coefficient (Wildman–Crippen LogP) is 2.31. The summed E-state index contributed by atoms with van der Waals surface area (Å²) in [6.07, 6.45) is 2.16. The molecule has 110 valence electrons. The van der Waals surface area contributed by atoms with E-state index < -0.39 is 4.92 Å². The summed E-state index contributed by atoms with van der Waals surface area (Å²) >= 11 is 1.48. The second-order valence-corrected chi connectivity index (χ2v) is 5.82. The number of aliphatic hydroxyl groups is 1. The van der Waals surface area contributed by atoms with Gasteiger partial charge in [-0.25, -0.2) is 0 Å². The molecule has 1 aliphatic carbocycles. The summed E-state index contributed by atoms with van der Waals surface area (Å²) in [6.45, 7) is -0.124. The van der Waals surface area contributed by atoms with E-state index in [0.717, 1.165) is 23.6 Å². The lowest BCUT2D eigenvalue weighted by molar-refractivity contribution is -0.384. The number of aromatic nitrogens is 3. The van der Waals surface area contributed by atoms with Gasteiger partial charge in [-0.1, -0.05) is 23.9 Å². The molecule has 1 saturated carbocycles. The number of thioether (sulfide) groups is 1. The number of hydrogen-bond donors (Lipinski definition) is 1. The Hall–Kier alpha value is -1.93. The quantitative estimate of drug-likeness (QED) is 0.500. The summed E-state index contributed by atoms with van der Waals surface area (Å²) in [5, 5.41) is 28.9. The zero-order valence-electron chi connectivity index (χ0n) is 11.2. The Morgan fingerprint density at radius 2 is 2.24 bits per heavy atom. The van der Waals surface area contributed by atoms with Crippen LogP contribution >= 0.6 is 11.8 Å². The molecule has 1 aromatic heterocycles. The normalized spacial score (nSPS) is 14.3. The SMILES string of the molecule is O=[N+]([O-])c1cccc(CSc2nnc(CO)n2C2CC2)c1. The molecule has 0 bridgehead atoms. The molecule has 0 radical (unpaired) electrons. The first-order valence-electron chi connectivity index (χ1n) is 6.60. The first kappa shape index (κ1) is 14.0. The molecule has 3 rings (SSSR count). The summed E-state index contributed by atoms with van der Waals surface area (Å²) in [4.78, 5) is 10.4. The number of benzene rings is 1. The van der Waals surface area contributed by atoms with E-state index in [1.807, 2.05) is 10.6 Å². The minimum Gasteiger partial charge on any atom is -0.388 e. The summed E-state index contributed by atoms with van der Waals surface area (Å²) in [6, 6.07) is 6.96. The van der Waals surface area contributed by atoms with Crippen molar-refractivity contribution in [1.29, 1.82) is 0 Å². The van der Waals surface area contributed by atoms with Gasteiger partial charge in [-0.2, -0.15) is 0 Å². The monoisotopic (exact) mass is 306 g/mol. The lowest BCUT2D eigenvalue weighted by Crippen LogP contribution is -2.02. The van der Waals surface area contributed by atoms with Crippen LogP contribution in [0.3, 0.4) is 0 Å². The second kappa shape index (κ2) is 5.82. The molecule has 0 atom stereocenters. The number of non-ortho nitro benzene ring substituents is 1. The number of rotatable bonds is 6. The van der Waals surface area contributed by atoms with Gasteiger partial charge in [-0.15, -0.1) is 10.2 Å². The van der Waals surface area contributed by atoms with E-state index in [0.29, 0.717) is 17.6 Å². The highest BCUT2D eigenvalue weighted by molar-refractivity contribution is 7.98. The van der Waals surface area contributed by atoms with Crippen LogP contribution in [0.4, 0.5) is 5.69 Å². The Morgan fingerprint density at radius 1 is 1.43 bits per heavy atom. The Balaban J connectivity index is 1.74. The van der Waals surface area contributed by atoms with E-state index in [4.69, 9.17) is 0 Å². The van der Waals surface area contributed by atoms with Crippen LogP contribution in [0, 0.1) is 10.1 Å². The molecule has 1 aliphatic rings. The summed E-state index contributed by atoms with van der Waals surface area (Å²) in [5.41, 5.74) is 0.956. The maximum atomic E-state index is 10.8. The molecule has 1 N–H and O–H groups in total. The first-order chi connectivity index (χ1) is 10.2. The fraction of sp³-hybridized carbons (Fsp3) is 0.385. The highest BCUT2D eigenvalue weighted by Crippen LogP contribution is 2.39. The van der Waals surface area contributed by atoms with Gasteiger partial charge in [-0.05, 0) is 18.4 Å². The standard InChI is InChI=1S/C13H14N4O3S/c18-7-12-14-15-13(16(12)10-4-5-10)21-8-9-2-1-3-11(6-9)17(19)20/h1-3,6,10,18H,4-5,7-8H2. The molecule has 0 aliphatic heterocycles. The van der Waals surface area contributed by atoms with Gasteiger partial charge in [0.25, 0.3) is 5.69 Å². The Labute approximate surface area is 125 Å². The van der Waals surface area contributed by atoms with Crippen molar-refractivity contribution in [3.8, 4) is 0 Å². The van der Waals surface area contributed by atoms with E-state index in [1.165, 1.54) is 17.8 Å². The number of nitro benzene ring substituents is 1. The van der Waals surface area contributed by atoms with Crippen LogP contribution in [0.5, 0.6) is 0 Å². The van der Waals surface area contributed by atoms with Gasteiger partial charge in [0.15, 0.2) is 11.0 Å². The lowest BCUT2D eigenvalue weighted by Gasteiger charge is -2.07. The van der Waals surface area contributed by atoms with Gasteiger partial charge in [0.2, 0.25) is 0 Å². The topological polar surface area (TPSA) is 94.1 Å². The smallest absolute Gasteiger partial charge is 0.269 e. The largest absolute Gasteiger partial charge is 0.388 e. The lowest BCUT2D eigenvalue weighted by atomic mass is 10.2. The second-order valence-electron chi connectivity index (χ2n) is 4.87. The Morgan fingerprint density at radius 3 is 2.90 bits per heavy atom. The average Bonchev–Trinajstić information content (AvgIpc) is 3.25. The molecule has 0 spiro atoms. The van der Waals surface area contributed by atoms with Gasteiger partial charge in [0, 0.05) is 23.9 Å². The van der Waals surface area contributed by atoms with Crippen LogP contribution in [0.1, 0.15) is 30.3 Å². The van der Waals surface area contributed by atoms with Crippen LogP contribution in [0.2, 0.25) is 0 Å². The van der Waals surface area contributed by atoms with Crippen molar-refractivity contribution in [3.05, 3.63) is 45.8 Å². The van der Waals surface area contributed by atoms with Crippen LogP contribution in [0.15, 0.2) is 29.4 Å². The number of hydrogen-bond acceptors (Lipinski definition) is 6. The third-order valence-electron chi connectivity index (χ3n) is 3.28. The molecule has 8 heteroatoms. The molecule has 21 heavy (non-hydrogen) atoms. The summed E-state index contributed by atoms with van der Waals surface area (Å²) in [5.74, 6) is 1.16. The minimum atomic E-state index is -0.398. The molecule has 1 aromatic carbocycles. The molecule has 7 nitrogen and oxygen atoms in total. The molecular formula is C13H14N4O3S. The van der Waals surface area contributed by atoms with Gasteiger partial charge < -0.3 is 9.67 Å².